The monoisotopic (exact) mass is 259 g/mol. The molecule has 3 rings (SSSR count). The molecule has 0 radical (unpaired) electrons. The summed E-state index contributed by atoms with van der Waals surface area (Å²) in [4.78, 5) is 4.59. The molecule has 1 fully saturated rings. The number of ether oxygens (including phenoxy) is 1. The lowest BCUT2D eigenvalue weighted by atomic mass is 9.92. The van der Waals surface area contributed by atoms with Crippen LogP contribution in [0.4, 0.5) is 0 Å². The lowest BCUT2D eigenvalue weighted by Crippen LogP contribution is -2.43. The van der Waals surface area contributed by atoms with Gasteiger partial charge in [-0.05, 0) is 38.4 Å². The van der Waals surface area contributed by atoms with Gasteiger partial charge in [0.1, 0.15) is 6.10 Å². The maximum absolute atomic E-state index is 6.16. The topological polar surface area (TPSA) is 39.1 Å². The number of hydrogen-bond donors (Lipinski definition) is 1. The molecule has 0 aliphatic heterocycles. The van der Waals surface area contributed by atoms with Gasteiger partial charge in [-0.1, -0.05) is 18.6 Å². The van der Waals surface area contributed by atoms with Gasteiger partial charge in [0.15, 0.2) is 0 Å². The first-order valence-electron chi connectivity index (χ1n) is 7.05. The summed E-state index contributed by atoms with van der Waals surface area (Å²) >= 11 is 0. The molecule has 19 heavy (non-hydrogen) atoms. The zero-order valence-electron chi connectivity index (χ0n) is 11.6. The predicted octanol–water partition coefficient (Wildman–Crippen LogP) is 2.48. The minimum atomic E-state index is 0.231. The van der Waals surface area contributed by atoms with Crippen LogP contribution in [0.15, 0.2) is 24.3 Å². The van der Waals surface area contributed by atoms with Crippen LogP contribution >= 0.6 is 0 Å². The Hall–Kier alpha value is -1.55. The quantitative estimate of drug-likeness (QED) is 0.920. The molecule has 1 aromatic heterocycles. The fraction of sp³-hybridized carbons (Fsp3) is 0.533. The van der Waals surface area contributed by atoms with Gasteiger partial charge in [0, 0.05) is 13.1 Å². The Labute approximate surface area is 113 Å². The van der Waals surface area contributed by atoms with E-state index in [1.807, 2.05) is 36.9 Å². The average Bonchev–Trinajstić information content (AvgIpc) is 2.77. The van der Waals surface area contributed by atoms with E-state index in [2.05, 4.69) is 16.4 Å². The second-order valence-electron chi connectivity index (χ2n) is 5.28. The van der Waals surface area contributed by atoms with E-state index in [0.29, 0.717) is 6.04 Å². The summed E-state index contributed by atoms with van der Waals surface area (Å²) < 4.78 is 8.20. The SMILES string of the molecule is CNC1CCCCC1Oc1nc2ccccc2n1C. The van der Waals surface area contributed by atoms with Crippen LogP contribution in [0.2, 0.25) is 0 Å². The summed E-state index contributed by atoms with van der Waals surface area (Å²) in [6.07, 6.45) is 5.05. The molecule has 2 unspecified atom stereocenters. The number of aryl methyl sites for hydroxylation is 1. The summed E-state index contributed by atoms with van der Waals surface area (Å²) in [5.74, 6) is 0. The van der Waals surface area contributed by atoms with Crippen LogP contribution in [-0.2, 0) is 7.05 Å². The highest BCUT2D eigenvalue weighted by Gasteiger charge is 2.26. The summed E-state index contributed by atoms with van der Waals surface area (Å²) in [6.45, 7) is 0. The predicted molar refractivity (Wildman–Crippen MR) is 76.4 cm³/mol. The molecule has 1 saturated carbocycles. The van der Waals surface area contributed by atoms with Crippen molar-refractivity contribution in [1.29, 1.82) is 0 Å². The highest BCUT2D eigenvalue weighted by atomic mass is 16.5. The van der Waals surface area contributed by atoms with Gasteiger partial charge in [-0.3, -0.25) is 4.57 Å². The van der Waals surface area contributed by atoms with E-state index < -0.39 is 0 Å². The molecule has 102 valence electrons. The molecule has 2 atom stereocenters. The fourth-order valence-corrected chi connectivity index (χ4v) is 2.93. The van der Waals surface area contributed by atoms with Gasteiger partial charge in [-0.2, -0.15) is 4.98 Å². The zero-order chi connectivity index (χ0) is 13.2. The number of para-hydroxylation sites is 2. The van der Waals surface area contributed by atoms with Crippen LogP contribution in [-0.4, -0.2) is 28.7 Å². The van der Waals surface area contributed by atoms with Crippen molar-refractivity contribution in [3.05, 3.63) is 24.3 Å². The summed E-state index contributed by atoms with van der Waals surface area (Å²) in [7, 11) is 4.03. The Morgan fingerprint density at radius 2 is 2.05 bits per heavy atom. The molecule has 2 aromatic rings. The van der Waals surface area contributed by atoms with E-state index in [1.54, 1.807) is 0 Å². The van der Waals surface area contributed by atoms with Gasteiger partial charge >= 0.3 is 0 Å². The molecule has 0 bridgehead atoms. The van der Waals surface area contributed by atoms with Crippen LogP contribution in [0, 0.1) is 0 Å². The molecule has 0 amide bonds. The molecular weight excluding hydrogens is 238 g/mol. The number of hydrogen-bond acceptors (Lipinski definition) is 3. The van der Waals surface area contributed by atoms with Gasteiger partial charge < -0.3 is 10.1 Å². The smallest absolute Gasteiger partial charge is 0.297 e. The van der Waals surface area contributed by atoms with Crippen molar-refractivity contribution in [2.24, 2.45) is 7.05 Å². The number of fused-ring (bicyclic) bond motifs is 1. The van der Waals surface area contributed by atoms with E-state index in [-0.39, 0.29) is 6.10 Å². The molecule has 1 N–H and O–H groups in total. The van der Waals surface area contributed by atoms with Gasteiger partial charge in [0.2, 0.25) is 0 Å². The van der Waals surface area contributed by atoms with Crippen LogP contribution in [0.25, 0.3) is 11.0 Å². The number of benzene rings is 1. The average molecular weight is 259 g/mol. The number of nitrogens with zero attached hydrogens (tertiary/aromatic N) is 2. The third kappa shape index (κ3) is 2.32. The Kier molecular flexibility index (Phi) is 3.42. The molecule has 1 aromatic carbocycles. The van der Waals surface area contributed by atoms with E-state index in [9.17, 15) is 0 Å². The summed E-state index contributed by atoms with van der Waals surface area (Å²) in [5, 5.41) is 3.37. The number of aromatic nitrogens is 2. The van der Waals surface area contributed by atoms with Crippen molar-refractivity contribution in [3.8, 4) is 6.01 Å². The summed E-state index contributed by atoms with van der Waals surface area (Å²) in [5.41, 5.74) is 2.12. The van der Waals surface area contributed by atoms with Gasteiger partial charge in [-0.25, -0.2) is 0 Å². The van der Waals surface area contributed by atoms with Crippen molar-refractivity contribution < 1.29 is 4.74 Å². The highest BCUT2D eigenvalue weighted by Crippen LogP contribution is 2.25. The van der Waals surface area contributed by atoms with E-state index in [4.69, 9.17) is 4.74 Å². The second-order valence-corrected chi connectivity index (χ2v) is 5.28. The standard InChI is InChI=1S/C15H21N3O/c1-16-12-8-4-6-10-14(12)19-15-17-11-7-3-5-9-13(11)18(15)2/h3,5,7,9,12,14,16H,4,6,8,10H2,1-2H3. The Balaban J connectivity index is 1.86. The molecule has 1 aliphatic rings. The third-order valence-corrected chi connectivity index (χ3v) is 4.08. The van der Waals surface area contributed by atoms with Crippen molar-refractivity contribution in [3.63, 3.8) is 0 Å². The Morgan fingerprint density at radius 3 is 2.84 bits per heavy atom. The molecule has 4 nitrogen and oxygen atoms in total. The van der Waals surface area contributed by atoms with E-state index >= 15 is 0 Å². The molecule has 1 aliphatic carbocycles. The summed E-state index contributed by atoms with van der Waals surface area (Å²) in [6, 6.07) is 9.31. The largest absolute Gasteiger partial charge is 0.460 e. The Bertz CT molecular complexity index is 564. The molecule has 0 saturated heterocycles. The maximum atomic E-state index is 6.16. The van der Waals surface area contributed by atoms with Crippen LogP contribution in [0.3, 0.4) is 0 Å². The normalized spacial score (nSPS) is 23.7. The first-order valence-corrected chi connectivity index (χ1v) is 7.05. The molecular formula is C15H21N3O. The van der Waals surface area contributed by atoms with Crippen molar-refractivity contribution in [2.75, 3.05) is 7.05 Å². The lowest BCUT2D eigenvalue weighted by Gasteiger charge is -2.31. The molecule has 4 heteroatoms. The molecule has 0 spiro atoms. The Morgan fingerprint density at radius 1 is 1.26 bits per heavy atom. The van der Waals surface area contributed by atoms with Crippen LogP contribution in [0.1, 0.15) is 25.7 Å². The van der Waals surface area contributed by atoms with E-state index in [0.717, 1.165) is 23.5 Å². The van der Waals surface area contributed by atoms with Crippen molar-refractivity contribution >= 4 is 11.0 Å². The maximum Gasteiger partial charge on any atom is 0.297 e. The first-order chi connectivity index (χ1) is 9.29. The zero-order valence-corrected chi connectivity index (χ0v) is 11.6. The number of rotatable bonds is 3. The fourth-order valence-electron chi connectivity index (χ4n) is 2.93. The number of likely N-dealkylation sites (N-methyl/N-ethyl adjacent to an activating group) is 1. The van der Waals surface area contributed by atoms with E-state index in [1.165, 1.54) is 19.3 Å². The van der Waals surface area contributed by atoms with Crippen molar-refractivity contribution in [2.45, 2.75) is 37.8 Å². The number of nitrogens with one attached hydrogen (secondary N) is 1. The first kappa shape index (κ1) is 12.5. The third-order valence-electron chi connectivity index (χ3n) is 4.08. The lowest BCUT2D eigenvalue weighted by molar-refractivity contribution is 0.104. The molecule has 1 heterocycles. The van der Waals surface area contributed by atoms with Crippen LogP contribution < -0.4 is 10.1 Å². The minimum Gasteiger partial charge on any atom is -0.460 e. The van der Waals surface area contributed by atoms with Crippen LogP contribution in [0.5, 0.6) is 6.01 Å². The van der Waals surface area contributed by atoms with Gasteiger partial charge in [-0.15, -0.1) is 0 Å². The van der Waals surface area contributed by atoms with Gasteiger partial charge in [0.25, 0.3) is 6.01 Å². The van der Waals surface area contributed by atoms with Crippen molar-refractivity contribution in [1.82, 2.24) is 14.9 Å². The highest BCUT2D eigenvalue weighted by molar-refractivity contribution is 5.76. The minimum absolute atomic E-state index is 0.231. The number of imidazole rings is 1. The van der Waals surface area contributed by atoms with Gasteiger partial charge in [0.05, 0.1) is 11.0 Å². The second kappa shape index (κ2) is 5.21.